The number of benzene rings is 3. The van der Waals surface area contributed by atoms with Crippen molar-refractivity contribution in [1.82, 2.24) is 0 Å². The summed E-state index contributed by atoms with van der Waals surface area (Å²) in [6, 6.07) is 19.0. The summed E-state index contributed by atoms with van der Waals surface area (Å²) in [5.74, 6) is -0.0878. The molecular formula is C21H16ClN3O5. The summed E-state index contributed by atoms with van der Waals surface area (Å²) in [4.78, 5) is 27.1. The number of hydrogen-bond donors (Lipinski definition) is 1. The SMILES string of the molecule is N/C(=N\OC(=O)c1ccc(COc2ccc(Cl)cc2)cc1)c1ccc([N+](=O)[O-])cc1. The van der Waals surface area contributed by atoms with Gasteiger partial charge in [0, 0.05) is 22.7 Å². The first-order valence-corrected chi connectivity index (χ1v) is 9.07. The first kappa shape index (κ1) is 20.8. The molecule has 3 aromatic rings. The highest BCUT2D eigenvalue weighted by molar-refractivity contribution is 6.30. The van der Waals surface area contributed by atoms with E-state index in [1.54, 1.807) is 48.5 Å². The summed E-state index contributed by atoms with van der Waals surface area (Å²) < 4.78 is 5.64. The highest BCUT2D eigenvalue weighted by atomic mass is 35.5. The Hall–Kier alpha value is -3.91. The van der Waals surface area contributed by atoms with Crippen LogP contribution in [0.15, 0.2) is 78.0 Å². The molecule has 9 heteroatoms. The predicted octanol–water partition coefficient (Wildman–Crippen LogP) is 4.30. The van der Waals surface area contributed by atoms with Gasteiger partial charge in [0.05, 0.1) is 10.5 Å². The first-order chi connectivity index (χ1) is 14.4. The second-order valence-corrected chi connectivity index (χ2v) is 6.54. The average molecular weight is 426 g/mol. The smallest absolute Gasteiger partial charge is 0.365 e. The molecule has 152 valence electrons. The molecule has 8 nitrogen and oxygen atoms in total. The first-order valence-electron chi connectivity index (χ1n) is 8.69. The van der Waals surface area contributed by atoms with Crippen molar-refractivity contribution in [1.29, 1.82) is 0 Å². The van der Waals surface area contributed by atoms with E-state index in [0.717, 1.165) is 5.56 Å². The Labute approximate surface area is 176 Å². The zero-order valence-corrected chi connectivity index (χ0v) is 16.3. The number of nitrogens with zero attached hydrogens (tertiary/aromatic N) is 2. The monoisotopic (exact) mass is 425 g/mol. The Kier molecular flexibility index (Phi) is 6.61. The van der Waals surface area contributed by atoms with Gasteiger partial charge in [-0.1, -0.05) is 28.9 Å². The molecule has 0 spiro atoms. The van der Waals surface area contributed by atoms with Crippen LogP contribution < -0.4 is 10.5 Å². The number of amidine groups is 1. The van der Waals surface area contributed by atoms with Gasteiger partial charge in [-0.05, 0) is 54.1 Å². The molecule has 0 saturated heterocycles. The summed E-state index contributed by atoms with van der Waals surface area (Å²) in [6.07, 6.45) is 0. The van der Waals surface area contributed by atoms with E-state index in [1.807, 2.05) is 0 Å². The molecule has 0 bridgehead atoms. The van der Waals surface area contributed by atoms with Gasteiger partial charge in [-0.2, -0.15) is 0 Å². The highest BCUT2D eigenvalue weighted by Crippen LogP contribution is 2.17. The summed E-state index contributed by atoms with van der Waals surface area (Å²) in [7, 11) is 0. The van der Waals surface area contributed by atoms with E-state index in [1.165, 1.54) is 24.3 Å². The van der Waals surface area contributed by atoms with E-state index in [2.05, 4.69) is 5.16 Å². The lowest BCUT2D eigenvalue weighted by Gasteiger charge is -2.07. The van der Waals surface area contributed by atoms with E-state index in [0.29, 0.717) is 22.9 Å². The van der Waals surface area contributed by atoms with Gasteiger partial charge >= 0.3 is 5.97 Å². The lowest BCUT2D eigenvalue weighted by Crippen LogP contribution is -2.15. The van der Waals surface area contributed by atoms with Crippen LogP contribution in [0, 0.1) is 10.1 Å². The van der Waals surface area contributed by atoms with Crippen LogP contribution in [0.5, 0.6) is 5.75 Å². The highest BCUT2D eigenvalue weighted by Gasteiger charge is 2.10. The zero-order valence-electron chi connectivity index (χ0n) is 15.5. The molecule has 0 fully saturated rings. The Balaban J connectivity index is 1.56. The van der Waals surface area contributed by atoms with E-state index in [9.17, 15) is 14.9 Å². The minimum atomic E-state index is -0.690. The fourth-order valence-electron chi connectivity index (χ4n) is 2.38. The number of nitrogens with two attached hydrogens (primary N) is 1. The molecule has 30 heavy (non-hydrogen) atoms. The quantitative estimate of drug-likeness (QED) is 0.198. The molecule has 0 heterocycles. The van der Waals surface area contributed by atoms with Crippen LogP contribution in [0.25, 0.3) is 0 Å². The van der Waals surface area contributed by atoms with E-state index in [-0.39, 0.29) is 17.1 Å². The van der Waals surface area contributed by atoms with Gasteiger partial charge in [-0.3, -0.25) is 10.1 Å². The lowest BCUT2D eigenvalue weighted by atomic mass is 10.1. The zero-order chi connectivity index (χ0) is 21.5. The number of carbonyl (C=O) groups is 1. The molecule has 0 aliphatic carbocycles. The van der Waals surface area contributed by atoms with Gasteiger partial charge in [0.2, 0.25) is 0 Å². The van der Waals surface area contributed by atoms with E-state index in [4.69, 9.17) is 26.9 Å². The van der Waals surface area contributed by atoms with Crippen LogP contribution in [0.2, 0.25) is 5.02 Å². The summed E-state index contributed by atoms with van der Waals surface area (Å²) in [5, 5.41) is 14.9. The fraction of sp³-hybridized carbons (Fsp3) is 0.0476. The number of rotatable bonds is 7. The van der Waals surface area contributed by atoms with Crippen molar-refractivity contribution in [2.75, 3.05) is 0 Å². The standard InChI is InChI=1S/C21H16ClN3O5/c22-17-7-11-19(12-8-17)29-13-14-1-3-16(4-2-14)21(26)30-24-20(23)15-5-9-18(10-6-15)25(27)28/h1-12H,13H2,(H2,23,24). The van der Waals surface area contributed by atoms with Crippen LogP contribution in [0.4, 0.5) is 5.69 Å². The normalized spacial score (nSPS) is 11.0. The largest absolute Gasteiger partial charge is 0.489 e. The Bertz CT molecular complexity index is 1070. The molecule has 2 N–H and O–H groups in total. The van der Waals surface area contributed by atoms with E-state index >= 15 is 0 Å². The molecule has 0 saturated carbocycles. The van der Waals surface area contributed by atoms with Crippen molar-refractivity contribution in [2.45, 2.75) is 6.61 Å². The minimum absolute atomic E-state index is 0.0776. The number of nitro benzene ring substituents is 1. The molecule has 0 amide bonds. The fourth-order valence-corrected chi connectivity index (χ4v) is 2.51. The van der Waals surface area contributed by atoms with Crippen LogP contribution in [-0.2, 0) is 11.4 Å². The van der Waals surface area contributed by atoms with Crippen molar-refractivity contribution in [3.63, 3.8) is 0 Å². The number of oxime groups is 1. The van der Waals surface area contributed by atoms with Crippen molar-refractivity contribution in [3.05, 3.63) is 105 Å². The second kappa shape index (κ2) is 9.53. The number of nitro groups is 1. The molecule has 0 aromatic heterocycles. The van der Waals surface area contributed by atoms with Gasteiger partial charge in [0.15, 0.2) is 5.84 Å². The molecule has 3 aromatic carbocycles. The topological polar surface area (TPSA) is 117 Å². The number of hydrogen-bond acceptors (Lipinski definition) is 6. The number of non-ortho nitro benzene ring substituents is 1. The van der Waals surface area contributed by atoms with Crippen molar-refractivity contribution >= 4 is 29.1 Å². The molecule has 0 aliphatic heterocycles. The third kappa shape index (κ3) is 5.55. The summed E-state index contributed by atoms with van der Waals surface area (Å²) in [5.41, 5.74) is 7.21. The number of carbonyl (C=O) groups excluding carboxylic acids is 1. The Morgan fingerprint density at radius 3 is 2.17 bits per heavy atom. The van der Waals surface area contributed by atoms with Crippen LogP contribution in [-0.4, -0.2) is 16.7 Å². The number of ether oxygens (including phenoxy) is 1. The molecule has 0 radical (unpaired) electrons. The van der Waals surface area contributed by atoms with E-state index < -0.39 is 10.9 Å². The molecular weight excluding hydrogens is 410 g/mol. The maximum atomic E-state index is 12.1. The number of halogens is 1. The van der Waals surface area contributed by atoms with Crippen LogP contribution in [0.1, 0.15) is 21.5 Å². The maximum Gasteiger partial charge on any atom is 0.365 e. The van der Waals surface area contributed by atoms with Gasteiger partial charge in [0.25, 0.3) is 5.69 Å². The van der Waals surface area contributed by atoms with Gasteiger partial charge < -0.3 is 15.3 Å². The second-order valence-electron chi connectivity index (χ2n) is 6.10. The van der Waals surface area contributed by atoms with Gasteiger partial charge in [-0.15, -0.1) is 0 Å². The lowest BCUT2D eigenvalue weighted by molar-refractivity contribution is -0.384. The molecule has 0 aliphatic rings. The third-order valence-corrected chi connectivity index (χ3v) is 4.26. The Morgan fingerprint density at radius 2 is 1.57 bits per heavy atom. The maximum absolute atomic E-state index is 12.1. The summed E-state index contributed by atoms with van der Waals surface area (Å²) in [6.45, 7) is 0.322. The van der Waals surface area contributed by atoms with Crippen molar-refractivity contribution in [3.8, 4) is 5.75 Å². The van der Waals surface area contributed by atoms with Gasteiger partial charge in [0.1, 0.15) is 12.4 Å². The van der Waals surface area contributed by atoms with Crippen molar-refractivity contribution < 1.29 is 19.3 Å². The minimum Gasteiger partial charge on any atom is -0.489 e. The molecule has 0 unspecified atom stereocenters. The third-order valence-electron chi connectivity index (χ3n) is 4.01. The van der Waals surface area contributed by atoms with Crippen LogP contribution >= 0.6 is 11.6 Å². The Morgan fingerprint density at radius 1 is 0.967 bits per heavy atom. The van der Waals surface area contributed by atoms with Gasteiger partial charge in [-0.25, -0.2) is 4.79 Å². The van der Waals surface area contributed by atoms with Crippen molar-refractivity contribution in [2.24, 2.45) is 10.9 Å². The summed E-state index contributed by atoms with van der Waals surface area (Å²) >= 11 is 5.83. The molecule has 0 atom stereocenters. The van der Waals surface area contributed by atoms with Crippen LogP contribution in [0.3, 0.4) is 0 Å². The molecule has 3 rings (SSSR count). The average Bonchev–Trinajstić information content (AvgIpc) is 2.77. The predicted molar refractivity (Wildman–Crippen MR) is 111 cm³/mol.